The summed E-state index contributed by atoms with van der Waals surface area (Å²) in [5.74, 6) is 0. The van der Waals surface area contributed by atoms with Crippen LogP contribution in [0.15, 0.2) is 46.8 Å². The van der Waals surface area contributed by atoms with Gasteiger partial charge in [0.15, 0.2) is 0 Å². The van der Waals surface area contributed by atoms with E-state index in [1.54, 1.807) is 0 Å². The van der Waals surface area contributed by atoms with Gasteiger partial charge >= 0.3 is 6.41 Å². The van der Waals surface area contributed by atoms with Gasteiger partial charge in [-0.3, -0.25) is 0 Å². The third-order valence-electron chi connectivity index (χ3n) is 1.64. The molecule has 0 saturated carbocycles. The molecule has 0 saturated heterocycles. The zero-order chi connectivity index (χ0) is 9.10. The summed E-state index contributed by atoms with van der Waals surface area (Å²) in [6.07, 6.45) is 0.236. The molecule has 0 aliphatic carbocycles. The molecule has 4 heteroatoms. The molecule has 0 aromatic heterocycles. The highest BCUT2D eigenvalue weighted by molar-refractivity contribution is 5.63. The van der Waals surface area contributed by atoms with Crippen LogP contribution in [0.1, 0.15) is 5.56 Å². The molecule has 1 aromatic rings. The fraction of sp³-hybridized carbons (Fsp3) is 0.111. The monoisotopic (exact) mass is 176 g/mol. The van der Waals surface area contributed by atoms with Crippen LogP contribution in [0, 0.1) is 0 Å². The Labute approximate surface area is 75.2 Å². The first-order valence-electron chi connectivity index (χ1n) is 3.86. The number of azo groups is 1. The van der Waals surface area contributed by atoms with E-state index in [9.17, 15) is 0 Å². The van der Waals surface area contributed by atoms with Crippen molar-refractivity contribution < 1.29 is 9.84 Å². The zero-order valence-electron chi connectivity index (χ0n) is 6.79. The second kappa shape index (κ2) is 3.37. The van der Waals surface area contributed by atoms with Gasteiger partial charge in [0.2, 0.25) is 0 Å². The van der Waals surface area contributed by atoms with Crippen LogP contribution >= 0.6 is 0 Å². The van der Waals surface area contributed by atoms with Crippen LogP contribution in [0.4, 0.5) is 0 Å². The molecule has 1 heterocycles. The summed E-state index contributed by atoms with van der Waals surface area (Å²) in [5.41, 5.74) is 1.53. The van der Waals surface area contributed by atoms with E-state index in [4.69, 9.17) is 9.84 Å². The lowest BCUT2D eigenvalue weighted by Gasteiger charge is -2.10. The molecule has 1 aromatic carbocycles. The Kier molecular flexibility index (Phi) is 2.06. The van der Waals surface area contributed by atoms with Gasteiger partial charge < -0.3 is 9.84 Å². The number of aliphatic hydroxyl groups is 1. The average molecular weight is 176 g/mol. The first-order valence-corrected chi connectivity index (χ1v) is 3.86. The van der Waals surface area contributed by atoms with Crippen LogP contribution in [0.2, 0.25) is 0 Å². The maximum atomic E-state index is 8.85. The Hall–Kier alpha value is -1.68. The summed E-state index contributed by atoms with van der Waals surface area (Å²) in [6, 6.07) is 9.50. The Morgan fingerprint density at radius 3 is 2.62 bits per heavy atom. The van der Waals surface area contributed by atoms with E-state index in [1.807, 2.05) is 30.3 Å². The Morgan fingerprint density at radius 1 is 1.23 bits per heavy atom. The van der Waals surface area contributed by atoms with E-state index in [0.29, 0.717) is 5.70 Å². The van der Waals surface area contributed by atoms with E-state index < -0.39 is 6.41 Å². The molecule has 1 N–H and O–H groups in total. The van der Waals surface area contributed by atoms with Crippen molar-refractivity contribution in [1.82, 2.24) is 0 Å². The Balaban J connectivity index is 2.25. The van der Waals surface area contributed by atoms with Crippen molar-refractivity contribution >= 4 is 5.70 Å². The van der Waals surface area contributed by atoms with Crippen molar-refractivity contribution in [2.45, 2.75) is 6.41 Å². The molecule has 2 rings (SSSR count). The molecular weight excluding hydrogens is 168 g/mol. The molecular formula is C9H8N2O2. The van der Waals surface area contributed by atoms with Crippen molar-refractivity contribution in [3.63, 3.8) is 0 Å². The first-order chi connectivity index (χ1) is 6.36. The van der Waals surface area contributed by atoms with Gasteiger partial charge in [-0.05, 0) is 0 Å². The van der Waals surface area contributed by atoms with Gasteiger partial charge in [-0.25, -0.2) is 0 Å². The van der Waals surface area contributed by atoms with Crippen LogP contribution in [-0.2, 0) is 4.74 Å². The summed E-state index contributed by atoms with van der Waals surface area (Å²) >= 11 is 0. The molecule has 4 nitrogen and oxygen atoms in total. The van der Waals surface area contributed by atoms with Gasteiger partial charge in [-0.1, -0.05) is 30.3 Å². The number of hydrogen-bond donors (Lipinski definition) is 1. The van der Waals surface area contributed by atoms with Gasteiger partial charge in [0.25, 0.3) is 0 Å². The summed E-state index contributed by atoms with van der Waals surface area (Å²) in [7, 11) is 0. The second-order valence-electron chi connectivity index (χ2n) is 2.55. The van der Waals surface area contributed by atoms with Crippen LogP contribution in [0.5, 0.6) is 0 Å². The molecule has 1 aliphatic rings. The first kappa shape index (κ1) is 7.94. The van der Waals surface area contributed by atoms with Crippen molar-refractivity contribution in [2.24, 2.45) is 10.2 Å². The van der Waals surface area contributed by atoms with Gasteiger partial charge in [0.1, 0.15) is 12.0 Å². The van der Waals surface area contributed by atoms with Gasteiger partial charge in [-0.2, -0.15) is 0 Å². The Bertz CT molecular complexity index is 346. The molecule has 0 bridgehead atoms. The molecule has 66 valence electrons. The van der Waals surface area contributed by atoms with Gasteiger partial charge in [0.05, 0.1) is 0 Å². The van der Waals surface area contributed by atoms with Gasteiger partial charge in [-0.15, -0.1) is 10.2 Å². The lowest BCUT2D eigenvalue weighted by molar-refractivity contribution is -0.0515. The predicted octanol–water partition coefficient (Wildman–Crippen LogP) is 1.74. The molecule has 13 heavy (non-hydrogen) atoms. The molecule has 1 aliphatic heterocycles. The third kappa shape index (κ3) is 1.73. The zero-order valence-corrected chi connectivity index (χ0v) is 6.79. The highest BCUT2D eigenvalue weighted by atomic mass is 16.6. The van der Waals surface area contributed by atoms with Crippen LogP contribution in [0.25, 0.3) is 5.70 Å². The molecule has 1 atom stereocenters. The summed E-state index contributed by atoms with van der Waals surface area (Å²) in [5, 5.41) is 16.1. The number of hydrogen-bond acceptors (Lipinski definition) is 4. The minimum Gasteiger partial charge on any atom is -0.450 e. The SMILES string of the molecule is OC1N=NC(c2ccccc2)=CO1. The molecule has 0 fully saturated rings. The predicted molar refractivity (Wildman–Crippen MR) is 46.4 cm³/mol. The normalized spacial score (nSPS) is 20.7. The maximum absolute atomic E-state index is 8.85. The minimum atomic E-state index is -1.16. The van der Waals surface area contributed by atoms with E-state index in [2.05, 4.69) is 10.2 Å². The van der Waals surface area contributed by atoms with Crippen molar-refractivity contribution in [2.75, 3.05) is 0 Å². The van der Waals surface area contributed by atoms with Crippen LogP contribution in [0.3, 0.4) is 0 Å². The number of nitrogens with zero attached hydrogens (tertiary/aromatic N) is 2. The summed E-state index contributed by atoms with van der Waals surface area (Å²) in [4.78, 5) is 0. The summed E-state index contributed by atoms with van der Waals surface area (Å²) < 4.78 is 4.78. The van der Waals surface area contributed by atoms with E-state index in [0.717, 1.165) is 5.56 Å². The standard InChI is InChI=1S/C9H8N2O2/c12-9-11-10-8(6-13-9)7-4-2-1-3-5-7/h1-6,9,12H. The number of ether oxygens (including phenoxy) is 1. The number of aliphatic hydroxyl groups excluding tert-OH is 1. The van der Waals surface area contributed by atoms with Crippen LogP contribution < -0.4 is 0 Å². The van der Waals surface area contributed by atoms with E-state index >= 15 is 0 Å². The highest BCUT2D eigenvalue weighted by Gasteiger charge is 2.08. The average Bonchev–Trinajstić information content (AvgIpc) is 2.20. The molecule has 0 spiro atoms. The maximum Gasteiger partial charge on any atom is 0.316 e. The molecule has 0 amide bonds. The van der Waals surface area contributed by atoms with Crippen LogP contribution in [-0.4, -0.2) is 11.5 Å². The Morgan fingerprint density at radius 2 is 2.00 bits per heavy atom. The largest absolute Gasteiger partial charge is 0.450 e. The van der Waals surface area contributed by atoms with E-state index in [-0.39, 0.29) is 0 Å². The van der Waals surface area contributed by atoms with Crippen molar-refractivity contribution in [3.05, 3.63) is 42.2 Å². The minimum absolute atomic E-state index is 0.617. The quantitative estimate of drug-likeness (QED) is 0.708. The smallest absolute Gasteiger partial charge is 0.316 e. The lowest BCUT2D eigenvalue weighted by atomic mass is 10.2. The number of rotatable bonds is 1. The fourth-order valence-corrected chi connectivity index (χ4v) is 1.02. The highest BCUT2D eigenvalue weighted by Crippen LogP contribution is 2.19. The van der Waals surface area contributed by atoms with E-state index in [1.165, 1.54) is 6.26 Å². The topological polar surface area (TPSA) is 54.2 Å². The fourth-order valence-electron chi connectivity index (χ4n) is 1.02. The van der Waals surface area contributed by atoms with Gasteiger partial charge in [0, 0.05) is 5.56 Å². The summed E-state index contributed by atoms with van der Waals surface area (Å²) in [6.45, 7) is 0. The molecule has 0 radical (unpaired) electrons. The third-order valence-corrected chi connectivity index (χ3v) is 1.64. The van der Waals surface area contributed by atoms with Crippen molar-refractivity contribution in [3.8, 4) is 0 Å². The molecule has 1 unspecified atom stereocenters. The lowest BCUT2D eigenvalue weighted by Crippen LogP contribution is -2.06. The second-order valence-corrected chi connectivity index (χ2v) is 2.55. The van der Waals surface area contributed by atoms with Crippen molar-refractivity contribution in [1.29, 1.82) is 0 Å². The number of benzene rings is 1.